The van der Waals surface area contributed by atoms with Crippen molar-refractivity contribution >= 4 is 23.5 Å². The van der Waals surface area contributed by atoms with Gasteiger partial charge in [0.15, 0.2) is 6.10 Å². The van der Waals surface area contributed by atoms with Crippen LogP contribution >= 0.6 is 0 Å². The number of nitrogens with one attached hydrogen (secondary N) is 1. The van der Waals surface area contributed by atoms with Crippen molar-refractivity contribution in [3.8, 4) is 17.2 Å². The minimum absolute atomic E-state index is 0.108. The van der Waals surface area contributed by atoms with E-state index in [0.29, 0.717) is 41.7 Å². The van der Waals surface area contributed by atoms with Crippen LogP contribution < -0.4 is 14.8 Å². The fourth-order valence-electron chi connectivity index (χ4n) is 3.90. The minimum atomic E-state index is -0.634. The quantitative estimate of drug-likeness (QED) is 0.545. The molecule has 0 saturated carbocycles. The molecule has 1 aromatic carbocycles. The molecule has 2 fully saturated rings. The van der Waals surface area contributed by atoms with Crippen molar-refractivity contribution in [1.82, 2.24) is 19.8 Å². The van der Waals surface area contributed by atoms with Gasteiger partial charge in [-0.25, -0.2) is 9.97 Å². The first-order valence-electron chi connectivity index (χ1n) is 11.7. The molecule has 10 heteroatoms. The molecule has 184 valence electrons. The Bertz CT molecular complexity index is 1280. The molecule has 2 aliphatic rings. The number of carbonyl (C=O) groups is 3. The van der Waals surface area contributed by atoms with Crippen molar-refractivity contribution in [2.45, 2.75) is 18.9 Å². The van der Waals surface area contributed by atoms with Crippen LogP contribution in [0, 0.1) is 0 Å². The van der Waals surface area contributed by atoms with Gasteiger partial charge in [-0.3, -0.25) is 14.4 Å². The average Bonchev–Trinajstić information content (AvgIpc) is 3.16. The number of likely N-dealkylation sites (N-methyl/N-ethyl adjacent to an activating group) is 1. The molecule has 2 aliphatic heterocycles. The van der Waals surface area contributed by atoms with Gasteiger partial charge < -0.3 is 24.6 Å². The van der Waals surface area contributed by atoms with E-state index < -0.39 is 12.0 Å². The van der Waals surface area contributed by atoms with E-state index in [1.807, 2.05) is 0 Å². The van der Waals surface area contributed by atoms with Crippen LogP contribution in [0.4, 0.5) is 5.82 Å². The standard InChI is InChI=1S/C26H25N5O5/c1-30-12-8-22(26(30)34)36-20-14-17(24(32)29-23-5-2-3-9-27-23)13-19(15-20)35-18-6-7-21(28-16-18)25(33)31-10-4-11-31/h2-3,5-7,9,13-16,22H,4,8,10-12H2,1H3,(H,27,29,32). The fraction of sp³-hybridized carbons (Fsp3) is 0.269. The fourth-order valence-corrected chi connectivity index (χ4v) is 3.90. The summed E-state index contributed by atoms with van der Waals surface area (Å²) in [6.45, 7) is 2.09. The summed E-state index contributed by atoms with van der Waals surface area (Å²) in [5, 5.41) is 2.74. The van der Waals surface area contributed by atoms with Gasteiger partial charge in [-0.15, -0.1) is 0 Å². The number of hydrogen-bond acceptors (Lipinski definition) is 7. The van der Waals surface area contributed by atoms with Crippen LogP contribution in [0.25, 0.3) is 0 Å². The minimum Gasteiger partial charge on any atom is -0.480 e. The molecule has 0 radical (unpaired) electrons. The third kappa shape index (κ3) is 5.12. The molecule has 4 heterocycles. The maximum atomic E-state index is 13.0. The molecule has 1 atom stereocenters. The second kappa shape index (κ2) is 10.0. The second-order valence-corrected chi connectivity index (χ2v) is 8.64. The summed E-state index contributed by atoms with van der Waals surface area (Å²) in [6, 6.07) is 13.2. The zero-order chi connectivity index (χ0) is 25.1. The van der Waals surface area contributed by atoms with E-state index in [-0.39, 0.29) is 17.4 Å². The van der Waals surface area contributed by atoms with E-state index in [1.54, 1.807) is 71.6 Å². The normalized spacial score (nSPS) is 16.9. The SMILES string of the molecule is CN1CCC(Oc2cc(Oc3ccc(C(=O)N4CCC4)nc3)cc(C(=O)Nc3ccccn3)c2)C1=O. The molecular weight excluding hydrogens is 462 g/mol. The lowest BCUT2D eigenvalue weighted by Crippen LogP contribution is -2.42. The van der Waals surface area contributed by atoms with E-state index in [9.17, 15) is 14.4 Å². The van der Waals surface area contributed by atoms with Gasteiger partial charge in [-0.05, 0) is 42.8 Å². The number of anilines is 1. The smallest absolute Gasteiger partial charge is 0.272 e. The van der Waals surface area contributed by atoms with Gasteiger partial charge >= 0.3 is 0 Å². The summed E-state index contributed by atoms with van der Waals surface area (Å²) in [5.74, 6) is 0.796. The van der Waals surface area contributed by atoms with Crippen LogP contribution in [0.2, 0.25) is 0 Å². The molecule has 36 heavy (non-hydrogen) atoms. The number of carbonyl (C=O) groups excluding carboxylic acids is 3. The third-order valence-corrected chi connectivity index (χ3v) is 6.04. The number of likely N-dealkylation sites (tertiary alicyclic amines) is 2. The Balaban J connectivity index is 1.37. The molecule has 3 aromatic rings. The molecular formula is C26H25N5O5. The van der Waals surface area contributed by atoms with Crippen LogP contribution in [0.5, 0.6) is 17.2 Å². The van der Waals surface area contributed by atoms with Crippen molar-refractivity contribution in [1.29, 1.82) is 0 Å². The van der Waals surface area contributed by atoms with Gasteiger partial charge in [0.2, 0.25) is 0 Å². The van der Waals surface area contributed by atoms with Crippen LogP contribution in [0.3, 0.4) is 0 Å². The zero-order valence-electron chi connectivity index (χ0n) is 19.7. The van der Waals surface area contributed by atoms with Crippen LogP contribution in [-0.4, -0.2) is 70.3 Å². The summed E-state index contributed by atoms with van der Waals surface area (Å²) in [7, 11) is 1.72. The molecule has 1 unspecified atom stereocenters. The number of benzene rings is 1. The third-order valence-electron chi connectivity index (χ3n) is 6.04. The summed E-state index contributed by atoms with van der Waals surface area (Å²) in [4.78, 5) is 49.3. The molecule has 2 saturated heterocycles. The largest absolute Gasteiger partial charge is 0.480 e. The van der Waals surface area contributed by atoms with Crippen LogP contribution in [0.15, 0.2) is 60.9 Å². The molecule has 10 nitrogen and oxygen atoms in total. The summed E-state index contributed by atoms with van der Waals surface area (Å²) < 4.78 is 11.9. The van der Waals surface area contributed by atoms with E-state index in [0.717, 1.165) is 19.5 Å². The van der Waals surface area contributed by atoms with Crippen molar-refractivity contribution < 1.29 is 23.9 Å². The molecule has 3 amide bonds. The maximum absolute atomic E-state index is 13.0. The van der Waals surface area contributed by atoms with E-state index >= 15 is 0 Å². The van der Waals surface area contributed by atoms with Crippen molar-refractivity contribution in [3.05, 3.63) is 72.2 Å². The predicted molar refractivity (Wildman–Crippen MR) is 130 cm³/mol. The number of rotatable bonds is 7. The van der Waals surface area contributed by atoms with Gasteiger partial charge in [-0.1, -0.05) is 6.07 Å². The Morgan fingerprint density at radius 2 is 1.83 bits per heavy atom. The number of ether oxygens (including phenoxy) is 2. The first-order valence-corrected chi connectivity index (χ1v) is 11.7. The topological polar surface area (TPSA) is 114 Å². The first-order chi connectivity index (χ1) is 17.5. The highest BCUT2D eigenvalue weighted by atomic mass is 16.5. The maximum Gasteiger partial charge on any atom is 0.272 e. The van der Waals surface area contributed by atoms with E-state index in [2.05, 4.69) is 15.3 Å². The highest BCUT2D eigenvalue weighted by Crippen LogP contribution is 2.30. The highest BCUT2D eigenvalue weighted by Gasteiger charge is 2.31. The molecule has 2 aromatic heterocycles. The van der Waals surface area contributed by atoms with Crippen LogP contribution in [0.1, 0.15) is 33.7 Å². The van der Waals surface area contributed by atoms with Crippen LogP contribution in [-0.2, 0) is 4.79 Å². The monoisotopic (exact) mass is 487 g/mol. The molecule has 0 aliphatic carbocycles. The number of pyridine rings is 2. The highest BCUT2D eigenvalue weighted by molar-refractivity contribution is 6.04. The lowest BCUT2D eigenvalue weighted by Gasteiger charge is -2.30. The Hall–Kier alpha value is -4.47. The van der Waals surface area contributed by atoms with Gasteiger partial charge in [0.25, 0.3) is 17.7 Å². The lowest BCUT2D eigenvalue weighted by molar-refractivity contribution is -0.132. The van der Waals surface area contributed by atoms with Crippen molar-refractivity contribution in [2.75, 3.05) is 32.0 Å². The first kappa shape index (κ1) is 23.3. The Kier molecular flexibility index (Phi) is 6.48. The Morgan fingerprint density at radius 1 is 1.00 bits per heavy atom. The van der Waals surface area contributed by atoms with Crippen molar-refractivity contribution in [2.24, 2.45) is 0 Å². The molecule has 0 bridgehead atoms. The van der Waals surface area contributed by atoms with Gasteiger partial charge in [0.1, 0.15) is 28.8 Å². The lowest BCUT2D eigenvalue weighted by atomic mass is 10.1. The Morgan fingerprint density at radius 3 is 2.47 bits per heavy atom. The number of nitrogens with zero attached hydrogens (tertiary/aromatic N) is 4. The summed E-state index contributed by atoms with van der Waals surface area (Å²) in [6.07, 6.45) is 3.96. The summed E-state index contributed by atoms with van der Waals surface area (Å²) in [5.41, 5.74) is 0.614. The second-order valence-electron chi connectivity index (χ2n) is 8.64. The van der Waals surface area contributed by atoms with E-state index in [1.165, 1.54) is 6.20 Å². The van der Waals surface area contributed by atoms with Gasteiger partial charge in [0, 0.05) is 50.9 Å². The van der Waals surface area contributed by atoms with Crippen molar-refractivity contribution in [3.63, 3.8) is 0 Å². The number of aromatic nitrogens is 2. The number of hydrogen-bond donors (Lipinski definition) is 1. The predicted octanol–water partition coefficient (Wildman–Crippen LogP) is 2.98. The molecule has 1 N–H and O–H groups in total. The van der Waals surface area contributed by atoms with Gasteiger partial charge in [-0.2, -0.15) is 0 Å². The number of amides is 3. The van der Waals surface area contributed by atoms with E-state index in [4.69, 9.17) is 9.47 Å². The molecule has 0 spiro atoms. The Labute approximate surface area is 207 Å². The van der Waals surface area contributed by atoms with Gasteiger partial charge in [0.05, 0.1) is 6.20 Å². The molecule has 5 rings (SSSR count). The average molecular weight is 488 g/mol. The summed E-state index contributed by atoms with van der Waals surface area (Å²) >= 11 is 0. The zero-order valence-corrected chi connectivity index (χ0v) is 19.7.